The Kier molecular flexibility index (Phi) is 2.92. The van der Waals surface area contributed by atoms with Gasteiger partial charge in [0.2, 0.25) is 0 Å². The van der Waals surface area contributed by atoms with Crippen molar-refractivity contribution in [1.82, 2.24) is 19.7 Å². The van der Waals surface area contributed by atoms with E-state index in [0.29, 0.717) is 5.15 Å². The van der Waals surface area contributed by atoms with Crippen LogP contribution in [0, 0.1) is 6.92 Å². The van der Waals surface area contributed by atoms with Crippen LogP contribution in [0.2, 0.25) is 5.15 Å². The Balaban J connectivity index is 2.59. The zero-order valence-corrected chi connectivity index (χ0v) is 10.3. The lowest BCUT2D eigenvalue weighted by Gasteiger charge is -2.05. The number of hydrogen-bond donors (Lipinski definition) is 0. The van der Waals surface area contributed by atoms with Crippen molar-refractivity contribution in [2.45, 2.75) is 20.3 Å². The van der Waals surface area contributed by atoms with Crippen molar-refractivity contribution in [3.8, 4) is 11.4 Å². The van der Waals surface area contributed by atoms with Gasteiger partial charge in [0.25, 0.3) is 0 Å². The molecule has 0 atom stereocenters. The highest BCUT2D eigenvalue weighted by atomic mass is 35.5. The second kappa shape index (κ2) is 4.22. The van der Waals surface area contributed by atoms with Crippen LogP contribution < -0.4 is 0 Å². The molecule has 2 aromatic rings. The van der Waals surface area contributed by atoms with Gasteiger partial charge in [-0.25, -0.2) is 9.97 Å². The highest BCUT2D eigenvalue weighted by molar-refractivity contribution is 6.30. The molecule has 0 bridgehead atoms. The van der Waals surface area contributed by atoms with Crippen LogP contribution in [0.4, 0.5) is 0 Å². The molecule has 0 aliphatic carbocycles. The minimum atomic E-state index is 0.507. The number of nitrogens with zero attached hydrogens (tertiary/aromatic N) is 4. The first-order chi connectivity index (χ1) is 7.61. The highest BCUT2D eigenvalue weighted by Crippen LogP contribution is 2.24. The van der Waals surface area contributed by atoms with Crippen molar-refractivity contribution in [3.05, 3.63) is 28.8 Å². The average molecular weight is 237 g/mol. The minimum Gasteiger partial charge on any atom is -0.275 e. The largest absolute Gasteiger partial charge is 0.275 e. The fourth-order valence-electron chi connectivity index (χ4n) is 1.48. The molecule has 0 aliphatic rings. The normalized spacial score (nSPS) is 10.8. The van der Waals surface area contributed by atoms with Crippen LogP contribution in [0.3, 0.4) is 0 Å². The first-order valence-electron chi connectivity index (χ1n) is 5.15. The molecular formula is C11H13ClN4. The molecule has 2 aromatic heterocycles. The molecule has 84 valence electrons. The quantitative estimate of drug-likeness (QED) is 0.752. The van der Waals surface area contributed by atoms with Gasteiger partial charge in [-0.2, -0.15) is 5.10 Å². The van der Waals surface area contributed by atoms with E-state index < -0.39 is 0 Å². The highest BCUT2D eigenvalue weighted by Gasteiger charge is 2.12. The molecule has 2 rings (SSSR count). The molecule has 0 spiro atoms. The fourth-order valence-corrected chi connectivity index (χ4v) is 1.67. The fraction of sp³-hybridized carbons (Fsp3) is 0.364. The van der Waals surface area contributed by atoms with Crippen molar-refractivity contribution < 1.29 is 0 Å². The Morgan fingerprint density at radius 1 is 1.38 bits per heavy atom. The predicted octanol–water partition coefficient (Wildman–Crippen LogP) is 2.40. The van der Waals surface area contributed by atoms with Crippen molar-refractivity contribution in [2.24, 2.45) is 7.05 Å². The Hall–Kier alpha value is -1.42. The van der Waals surface area contributed by atoms with Crippen molar-refractivity contribution in [3.63, 3.8) is 0 Å². The molecule has 0 fully saturated rings. The maximum Gasteiger partial charge on any atom is 0.136 e. The van der Waals surface area contributed by atoms with Gasteiger partial charge >= 0.3 is 0 Å². The molecule has 0 unspecified atom stereocenters. The second-order valence-corrected chi connectivity index (χ2v) is 3.99. The topological polar surface area (TPSA) is 43.6 Å². The van der Waals surface area contributed by atoms with Gasteiger partial charge in [0, 0.05) is 25.2 Å². The van der Waals surface area contributed by atoms with Crippen molar-refractivity contribution >= 4 is 11.6 Å². The first kappa shape index (κ1) is 11.1. The summed E-state index contributed by atoms with van der Waals surface area (Å²) in [4.78, 5) is 8.67. The van der Waals surface area contributed by atoms with Gasteiger partial charge in [-0.1, -0.05) is 18.5 Å². The average Bonchev–Trinajstić information content (AvgIpc) is 2.68. The summed E-state index contributed by atoms with van der Waals surface area (Å²) in [6.07, 6.45) is 2.65. The molecule has 0 amide bonds. The third-order valence-corrected chi connectivity index (χ3v) is 2.77. The van der Waals surface area contributed by atoms with Gasteiger partial charge in [-0.05, 0) is 13.0 Å². The molecule has 0 aliphatic heterocycles. The molecule has 0 aromatic carbocycles. The van der Waals surface area contributed by atoms with E-state index in [4.69, 9.17) is 11.6 Å². The maximum atomic E-state index is 6.07. The van der Waals surface area contributed by atoms with Gasteiger partial charge in [-0.15, -0.1) is 0 Å². The molecule has 2 heterocycles. The zero-order chi connectivity index (χ0) is 11.7. The zero-order valence-electron chi connectivity index (χ0n) is 9.53. The van der Waals surface area contributed by atoms with E-state index in [0.717, 1.165) is 29.2 Å². The molecule has 0 N–H and O–H groups in total. The van der Waals surface area contributed by atoms with Crippen molar-refractivity contribution in [2.75, 3.05) is 0 Å². The van der Waals surface area contributed by atoms with E-state index in [1.165, 1.54) is 0 Å². The van der Waals surface area contributed by atoms with Gasteiger partial charge in [0.1, 0.15) is 16.7 Å². The molecule has 0 saturated carbocycles. The summed E-state index contributed by atoms with van der Waals surface area (Å²) in [7, 11) is 1.88. The Morgan fingerprint density at radius 3 is 2.69 bits per heavy atom. The van der Waals surface area contributed by atoms with Crippen LogP contribution in [-0.2, 0) is 13.5 Å². The van der Waals surface area contributed by atoms with E-state index in [-0.39, 0.29) is 0 Å². The van der Waals surface area contributed by atoms with Crippen LogP contribution in [0.15, 0.2) is 12.3 Å². The van der Waals surface area contributed by atoms with Gasteiger partial charge in [0.15, 0.2) is 0 Å². The van der Waals surface area contributed by atoms with E-state index in [2.05, 4.69) is 15.1 Å². The molecule has 4 nitrogen and oxygen atoms in total. The summed E-state index contributed by atoms with van der Waals surface area (Å²) in [5.74, 6) is 0.747. The summed E-state index contributed by atoms with van der Waals surface area (Å²) >= 11 is 6.07. The Morgan fingerprint density at radius 2 is 2.12 bits per heavy atom. The van der Waals surface area contributed by atoms with E-state index in [1.807, 2.05) is 33.2 Å². The monoisotopic (exact) mass is 236 g/mol. The predicted molar refractivity (Wildman–Crippen MR) is 63.4 cm³/mol. The molecule has 0 saturated heterocycles. The first-order valence-corrected chi connectivity index (χ1v) is 5.52. The molecule has 0 radical (unpaired) electrons. The lowest BCUT2D eigenvalue weighted by Crippen LogP contribution is -2.00. The lowest BCUT2D eigenvalue weighted by atomic mass is 10.2. The Bertz CT molecular complexity index is 519. The van der Waals surface area contributed by atoms with Crippen molar-refractivity contribution in [1.29, 1.82) is 0 Å². The number of aryl methyl sites for hydroxylation is 2. The van der Waals surface area contributed by atoms with Crippen LogP contribution in [0.25, 0.3) is 11.4 Å². The lowest BCUT2D eigenvalue weighted by molar-refractivity contribution is 0.768. The van der Waals surface area contributed by atoms with E-state index in [1.54, 1.807) is 4.68 Å². The summed E-state index contributed by atoms with van der Waals surface area (Å²) < 4.78 is 1.75. The number of rotatable bonds is 2. The standard InChI is InChI=1S/C11H13ClN4/c1-4-9-13-10(7(2)11(12)14-9)8-5-6-16(3)15-8/h5-6H,4H2,1-3H3. The summed E-state index contributed by atoms with van der Waals surface area (Å²) in [6.45, 7) is 3.91. The molecule has 16 heavy (non-hydrogen) atoms. The molecular weight excluding hydrogens is 224 g/mol. The third kappa shape index (κ3) is 1.93. The summed E-state index contributed by atoms with van der Waals surface area (Å²) in [6, 6.07) is 1.92. The SMILES string of the molecule is CCc1nc(Cl)c(C)c(-c2ccn(C)n2)n1. The van der Waals surface area contributed by atoms with Crippen LogP contribution >= 0.6 is 11.6 Å². The number of halogens is 1. The smallest absolute Gasteiger partial charge is 0.136 e. The third-order valence-electron chi connectivity index (χ3n) is 2.41. The van der Waals surface area contributed by atoms with Crippen LogP contribution in [-0.4, -0.2) is 19.7 Å². The summed E-state index contributed by atoms with van der Waals surface area (Å²) in [5.41, 5.74) is 2.52. The van der Waals surface area contributed by atoms with E-state index in [9.17, 15) is 0 Å². The van der Waals surface area contributed by atoms with Gasteiger partial charge in [0.05, 0.1) is 5.69 Å². The maximum absolute atomic E-state index is 6.07. The Labute approximate surface area is 99.3 Å². The van der Waals surface area contributed by atoms with Gasteiger partial charge < -0.3 is 0 Å². The second-order valence-electron chi connectivity index (χ2n) is 3.63. The number of hydrogen-bond acceptors (Lipinski definition) is 3. The van der Waals surface area contributed by atoms with Crippen LogP contribution in [0.1, 0.15) is 18.3 Å². The van der Waals surface area contributed by atoms with E-state index >= 15 is 0 Å². The summed E-state index contributed by atoms with van der Waals surface area (Å²) in [5, 5.41) is 4.83. The van der Waals surface area contributed by atoms with Crippen LogP contribution in [0.5, 0.6) is 0 Å². The van der Waals surface area contributed by atoms with Gasteiger partial charge in [-0.3, -0.25) is 4.68 Å². The number of aromatic nitrogens is 4. The minimum absolute atomic E-state index is 0.507. The molecule has 5 heteroatoms.